The lowest BCUT2D eigenvalue weighted by Gasteiger charge is -2.30. The van der Waals surface area contributed by atoms with Crippen molar-refractivity contribution in [2.45, 2.75) is 12.7 Å². The van der Waals surface area contributed by atoms with Gasteiger partial charge < -0.3 is 15.3 Å². The first-order valence-electron chi connectivity index (χ1n) is 3.26. The maximum atomic E-state index is 8.50. The highest BCUT2D eigenvalue weighted by Gasteiger charge is 2.19. The van der Waals surface area contributed by atoms with Crippen molar-refractivity contribution in [2.75, 3.05) is 20.2 Å². The Morgan fingerprint density at radius 2 is 1.18 bits per heavy atom. The van der Waals surface area contributed by atoms with Gasteiger partial charge in [-0.3, -0.25) is 16.0 Å². The van der Waals surface area contributed by atoms with Gasteiger partial charge in [-0.25, -0.2) is 0 Å². The maximum Gasteiger partial charge on any atom is 0.125 e. The maximum absolute atomic E-state index is 8.50. The molecule has 6 N–H and O–H groups in total. The van der Waals surface area contributed by atoms with Crippen LogP contribution in [0, 0.1) is 0 Å². The van der Waals surface area contributed by atoms with Crippen LogP contribution in [0.1, 0.15) is 6.92 Å². The second kappa shape index (κ2) is 5.42. The van der Waals surface area contributed by atoms with Crippen LogP contribution in [0.25, 0.3) is 0 Å². The Morgan fingerprint density at radius 3 is 1.36 bits per heavy atom. The van der Waals surface area contributed by atoms with Gasteiger partial charge in [0.05, 0.1) is 20.2 Å². The molecule has 0 saturated heterocycles. The molecule has 0 saturated carbocycles. The highest BCUT2D eigenvalue weighted by atomic mass is 16.3. The first kappa shape index (κ1) is 10.8. The van der Waals surface area contributed by atoms with Gasteiger partial charge in [0.25, 0.3) is 0 Å². The minimum atomic E-state index is -0.849. The standard InChI is InChI=1S/C5H15N3O3/c1-5(6-2-9,7-3-10)8-4-11/h6-11H,2-4H2,1H3. The first-order valence-corrected chi connectivity index (χ1v) is 3.26. The van der Waals surface area contributed by atoms with E-state index in [1.165, 1.54) is 0 Å². The monoisotopic (exact) mass is 165 g/mol. The normalized spacial score (nSPS) is 12.0. The molecule has 0 aliphatic heterocycles. The van der Waals surface area contributed by atoms with Crippen LogP contribution in [0.4, 0.5) is 0 Å². The zero-order chi connectivity index (χ0) is 8.74. The summed E-state index contributed by atoms with van der Waals surface area (Å²) in [7, 11) is 0. The van der Waals surface area contributed by atoms with Crippen molar-refractivity contribution in [3.63, 3.8) is 0 Å². The van der Waals surface area contributed by atoms with Crippen LogP contribution < -0.4 is 16.0 Å². The highest BCUT2D eigenvalue weighted by molar-refractivity contribution is 4.72. The van der Waals surface area contributed by atoms with Crippen molar-refractivity contribution in [3.8, 4) is 0 Å². The predicted molar refractivity (Wildman–Crippen MR) is 39.1 cm³/mol. The molecule has 0 bridgehead atoms. The molecule has 68 valence electrons. The average Bonchev–Trinajstić information content (AvgIpc) is 1.88. The Balaban J connectivity index is 3.79. The fourth-order valence-electron chi connectivity index (χ4n) is 0.662. The van der Waals surface area contributed by atoms with Crippen LogP contribution in [0.2, 0.25) is 0 Å². The third-order valence-corrected chi connectivity index (χ3v) is 1.30. The van der Waals surface area contributed by atoms with Gasteiger partial charge in [-0.2, -0.15) is 0 Å². The Kier molecular flexibility index (Phi) is 5.30. The van der Waals surface area contributed by atoms with E-state index in [1.54, 1.807) is 6.92 Å². The van der Waals surface area contributed by atoms with Gasteiger partial charge in [0.2, 0.25) is 0 Å². The zero-order valence-electron chi connectivity index (χ0n) is 6.46. The number of nitrogens with one attached hydrogen (secondary N) is 3. The first-order chi connectivity index (χ1) is 5.18. The second-order valence-electron chi connectivity index (χ2n) is 2.13. The molecular weight excluding hydrogens is 150 g/mol. The third-order valence-electron chi connectivity index (χ3n) is 1.30. The summed E-state index contributed by atoms with van der Waals surface area (Å²) < 4.78 is 0. The van der Waals surface area contributed by atoms with Gasteiger partial charge in [0.1, 0.15) is 5.79 Å². The Bertz CT molecular complexity index is 84.0. The molecule has 0 atom stereocenters. The molecule has 0 fully saturated rings. The number of aliphatic hydroxyl groups excluding tert-OH is 3. The molecule has 0 aromatic heterocycles. The van der Waals surface area contributed by atoms with Crippen LogP contribution in [0.15, 0.2) is 0 Å². The van der Waals surface area contributed by atoms with Crippen LogP contribution in [-0.4, -0.2) is 41.3 Å². The van der Waals surface area contributed by atoms with Crippen molar-refractivity contribution in [3.05, 3.63) is 0 Å². The van der Waals surface area contributed by atoms with E-state index in [2.05, 4.69) is 16.0 Å². The number of hydrogen-bond acceptors (Lipinski definition) is 6. The molecule has 0 aliphatic rings. The molecule has 0 amide bonds. The van der Waals surface area contributed by atoms with Crippen LogP contribution >= 0.6 is 0 Å². The Hall–Kier alpha value is -0.240. The molecule has 0 aromatic rings. The summed E-state index contributed by atoms with van der Waals surface area (Å²) in [5.74, 6) is -0.849. The zero-order valence-corrected chi connectivity index (χ0v) is 6.46. The molecule has 6 nitrogen and oxygen atoms in total. The lowest BCUT2D eigenvalue weighted by Crippen LogP contribution is -2.64. The summed E-state index contributed by atoms with van der Waals surface area (Å²) >= 11 is 0. The number of rotatable bonds is 6. The minimum absolute atomic E-state index is 0.253. The number of aliphatic hydroxyl groups is 3. The smallest absolute Gasteiger partial charge is 0.125 e. The van der Waals surface area contributed by atoms with Crippen molar-refractivity contribution in [1.29, 1.82) is 0 Å². The number of hydrogen-bond donors (Lipinski definition) is 6. The average molecular weight is 165 g/mol. The SMILES string of the molecule is CC(NCO)(NCO)NCO. The van der Waals surface area contributed by atoms with E-state index >= 15 is 0 Å². The molecule has 0 aliphatic carbocycles. The van der Waals surface area contributed by atoms with E-state index < -0.39 is 5.79 Å². The molecule has 6 heteroatoms. The van der Waals surface area contributed by atoms with Crippen LogP contribution in [0.3, 0.4) is 0 Å². The minimum Gasteiger partial charge on any atom is -0.381 e. The van der Waals surface area contributed by atoms with Crippen molar-refractivity contribution in [1.82, 2.24) is 16.0 Å². The predicted octanol–water partition coefficient (Wildman–Crippen LogP) is -2.72. The van der Waals surface area contributed by atoms with Crippen LogP contribution in [-0.2, 0) is 0 Å². The molecule has 0 aromatic carbocycles. The van der Waals surface area contributed by atoms with Gasteiger partial charge >= 0.3 is 0 Å². The van der Waals surface area contributed by atoms with Gasteiger partial charge in [-0.15, -0.1) is 0 Å². The fourth-order valence-corrected chi connectivity index (χ4v) is 0.662. The highest BCUT2D eigenvalue weighted by Crippen LogP contribution is 1.89. The lowest BCUT2D eigenvalue weighted by atomic mass is 10.4. The Morgan fingerprint density at radius 1 is 0.909 bits per heavy atom. The molecule has 0 heterocycles. The second-order valence-corrected chi connectivity index (χ2v) is 2.13. The molecule has 11 heavy (non-hydrogen) atoms. The topological polar surface area (TPSA) is 96.8 Å². The molecule has 0 unspecified atom stereocenters. The lowest BCUT2D eigenvalue weighted by molar-refractivity contribution is 0.0818. The van der Waals surface area contributed by atoms with Gasteiger partial charge in [0.15, 0.2) is 0 Å². The third kappa shape index (κ3) is 4.25. The van der Waals surface area contributed by atoms with Crippen LogP contribution in [0.5, 0.6) is 0 Å². The van der Waals surface area contributed by atoms with Crippen molar-refractivity contribution in [2.24, 2.45) is 0 Å². The molecule has 0 spiro atoms. The van der Waals surface area contributed by atoms with E-state index in [-0.39, 0.29) is 20.2 Å². The van der Waals surface area contributed by atoms with Gasteiger partial charge in [-0.1, -0.05) is 0 Å². The summed E-state index contributed by atoms with van der Waals surface area (Å²) in [6.45, 7) is 0.874. The summed E-state index contributed by atoms with van der Waals surface area (Å²) in [6.07, 6.45) is 0. The largest absolute Gasteiger partial charge is 0.381 e. The molecule has 0 rings (SSSR count). The summed E-state index contributed by atoms with van der Waals surface area (Å²) in [4.78, 5) is 0. The molecular formula is C5H15N3O3. The van der Waals surface area contributed by atoms with Crippen molar-refractivity contribution < 1.29 is 15.3 Å². The Labute approximate surface area is 65.2 Å². The van der Waals surface area contributed by atoms with E-state index in [1.807, 2.05) is 0 Å². The van der Waals surface area contributed by atoms with E-state index in [0.29, 0.717) is 0 Å². The van der Waals surface area contributed by atoms with Crippen molar-refractivity contribution >= 4 is 0 Å². The molecule has 0 radical (unpaired) electrons. The quantitative estimate of drug-likeness (QED) is 0.239. The van der Waals surface area contributed by atoms with Gasteiger partial charge in [-0.05, 0) is 6.92 Å². The summed E-state index contributed by atoms with van der Waals surface area (Å²) in [5.41, 5.74) is 0. The van der Waals surface area contributed by atoms with E-state index in [4.69, 9.17) is 15.3 Å². The summed E-state index contributed by atoms with van der Waals surface area (Å²) in [6, 6.07) is 0. The van der Waals surface area contributed by atoms with Gasteiger partial charge in [0, 0.05) is 0 Å². The van der Waals surface area contributed by atoms with E-state index in [9.17, 15) is 0 Å². The fraction of sp³-hybridized carbons (Fsp3) is 1.00. The summed E-state index contributed by atoms with van der Waals surface area (Å²) in [5, 5.41) is 33.2. The van der Waals surface area contributed by atoms with E-state index in [0.717, 1.165) is 0 Å².